The number of para-hydroxylation sites is 1. The number of carboxylic acids is 1. The first-order valence-electron chi connectivity index (χ1n) is 11.8. The van der Waals surface area contributed by atoms with Crippen molar-refractivity contribution in [3.05, 3.63) is 64.9 Å². The predicted octanol–water partition coefficient (Wildman–Crippen LogP) is 4.88. The Labute approximate surface area is 223 Å². The maximum atomic E-state index is 14.8. The van der Waals surface area contributed by atoms with Crippen LogP contribution in [0.4, 0.5) is 23.2 Å². The Morgan fingerprint density at radius 2 is 1.84 bits per heavy atom. The number of aliphatic carboxylic acids is 1. The lowest BCUT2D eigenvalue weighted by Gasteiger charge is -2.45. The summed E-state index contributed by atoms with van der Waals surface area (Å²) in [5, 5.41) is 9.26. The molecule has 38 heavy (non-hydrogen) atoms. The Morgan fingerprint density at radius 1 is 1.18 bits per heavy atom. The molecule has 4 unspecified atom stereocenters. The molecule has 2 aliphatic rings. The van der Waals surface area contributed by atoms with Crippen molar-refractivity contribution in [2.45, 2.75) is 55.3 Å². The Bertz CT molecular complexity index is 1200. The molecule has 0 aromatic heterocycles. The van der Waals surface area contributed by atoms with Crippen molar-refractivity contribution in [1.82, 2.24) is 4.90 Å². The fourth-order valence-corrected chi connectivity index (χ4v) is 6.13. The van der Waals surface area contributed by atoms with Gasteiger partial charge in [0.2, 0.25) is 0 Å². The van der Waals surface area contributed by atoms with Crippen molar-refractivity contribution >= 4 is 40.2 Å². The van der Waals surface area contributed by atoms with E-state index in [1.165, 1.54) is 42.5 Å². The molecule has 2 aromatic rings. The minimum Gasteiger partial charge on any atom is -0.481 e. The first kappa shape index (κ1) is 28.3. The monoisotopic (exact) mass is 576 g/mol. The average Bonchev–Trinajstić information content (AvgIpc) is 3.68. The van der Waals surface area contributed by atoms with Crippen LogP contribution < -0.4 is 4.31 Å². The summed E-state index contributed by atoms with van der Waals surface area (Å²) >= 11 is 5.97. The molecule has 1 saturated heterocycles. The summed E-state index contributed by atoms with van der Waals surface area (Å²) in [6.45, 7) is -0.871. The van der Waals surface area contributed by atoms with Gasteiger partial charge in [-0.2, -0.15) is 13.2 Å². The zero-order valence-electron chi connectivity index (χ0n) is 19.9. The van der Waals surface area contributed by atoms with Crippen molar-refractivity contribution in [1.29, 1.82) is 0 Å². The second-order valence-electron chi connectivity index (χ2n) is 9.19. The highest BCUT2D eigenvalue weighted by Crippen LogP contribution is 2.38. The molecule has 13 heteroatoms. The molecule has 1 aliphatic carbocycles. The Morgan fingerprint density at radius 3 is 2.42 bits per heavy atom. The van der Waals surface area contributed by atoms with E-state index in [2.05, 4.69) is 0 Å². The lowest BCUT2D eigenvalue weighted by atomic mass is 9.98. The van der Waals surface area contributed by atoms with Gasteiger partial charge in [0.15, 0.2) is 0 Å². The molecule has 1 heterocycles. The standard InChI is InChI=1S/C25H25ClF4N2O5S/c26-16-7-5-15(6-8-16)21-14-37-22(11-23(33)34)24(35)32(21)17(12-25(28,29)30)13-31(38(36)18-9-10-18)20-4-2-1-3-19(20)27/h1-8,17-18,21-22H,9-14H2,(H,33,34). The molecule has 0 bridgehead atoms. The van der Waals surface area contributed by atoms with Crippen molar-refractivity contribution in [2.75, 3.05) is 17.5 Å². The molecular weight excluding hydrogens is 552 g/mol. The third-order valence-electron chi connectivity index (χ3n) is 6.32. The second-order valence-corrected chi connectivity index (χ2v) is 11.3. The van der Waals surface area contributed by atoms with Gasteiger partial charge in [-0.15, -0.1) is 0 Å². The fraction of sp³-hybridized carbons (Fsp3) is 0.440. The number of hydrogen-bond donors (Lipinski definition) is 1. The van der Waals surface area contributed by atoms with Gasteiger partial charge in [-0.3, -0.25) is 13.9 Å². The molecule has 1 amide bonds. The lowest BCUT2D eigenvalue weighted by Crippen LogP contribution is -2.58. The number of rotatable bonds is 10. The normalized spacial score (nSPS) is 21.7. The summed E-state index contributed by atoms with van der Waals surface area (Å²) in [6.07, 6.45) is -7.35. The Hall–Kier alpha value is -2.70. The number of anilines is 1. The van der Waals surface area contributed by atoms with E-state index in [1.54, 1.807) is 0 Å². The van der Waals surface area contributed by atoms with Crippen LogP contribution in [0, 0.1) is 5.82 Å². The molecule has 206 valence electrons. The number of alkyl halides is 3. The summed E-state index contributed by atoms with van der Waals surface area (Å²) in [7, 11) is -1.86. The van der Waals surface area contributed by atoms with Gasteiger partial charge in [0.25, 0.3) is 5.91 Å². The molecule has 7 nitrogen and oxygen atoms in total. The topological polar surface area (TPSA) is 87.2 Å². The largest absolute Gasteiger partial charge is 0.481 e. The Kier molecular flexibility index (Phi) is 8.63. The maximum Gasteiger partial charge on any atom is 0.391 e. The van der Waals surface area contributed by atoms with Gasteiger partial charge < -0.3 is 14.7 Å². The number of ether oxygens (including phenoxy) is 1. The molecule has 0 spiro atoms. The quantitative estimate of drug-likeness (QED) is 0.408. The van der Waals surface area contributed by atoms with Crippen molar-refractivity contribution in [3.8, 4) is 0 Å². The van der Waals surface area contributed by atoms with Gasteiger partial charge in [0.1, 0.15) is 22.9 Å². The van der Waals surface area contributed by atoms with Crippen molar-refractivity contribution in [3.63, 3.8) is 0 Å². The van der Waals surface area contributed by atoms with E-state index >= 15 is 0 Å². The van der Waals surface area contributed by atoms with E-state index in [9.17, 15) is 36.5 Å². The van der Waals surface area contributed by atoms with Crippen LogP contribution in [0.1, 0.15) is 37.3 Å². The molecule has 4 atom stereocenters. The summed E-state index contributed by atoms with van der Waals surface area (Å²) in [5.41, 5.74) is 0.278. The van der Waals surface area contributed by atoms with E-state index in [-0.39, 0.29) is 17.5 Å². The third kappa shape index (κ3) is 6.83. The van der Waals surface area contributed by atoms with Crippen molar-refractivity contribution < 1.29 is 41.2 Å². The number of benzene rings is 2. The van der Waals surface area contributed by atoms with Crippen LogP contribution in [-0.4, -0.2) is 62.8 Å². The molecule has 1 saturated carbocycles. The zero-order chi connectivity index (χ0) is 27.6. The molecule has 2 fully saturated rings. The number of morpholine rings is 1. The minimum absolute atomic E-state index is 0.143. The molecule has 1 N–H and O–H groups in total. The van der Waals surface area contributed by atoms with Gasteiger partial charge in [0.05, 0.1) is 49.0 Å². The summed E-state index contributed by atoms with van der Waals surface area (Å²) in [4.78, 5) is 25.8. The van der Waals surface area contributed by atoms with E-state index in [0.717, 1.165) is 15.3 Å². The lowest BCUT2D eigenvalue weighted by molar-refractivity contribution is -0.179. The van der Waals surface area contributed by atoms with Gasteiger partial charge >= 0.3 is 12.1 Å². The third-order valence-corrected chi connectivity index (χ3v) is 8.39. The Balaban J connectivity index is 1.78. The van der Waals surface area contributed by atoms with Crippen LogP contribution in [0.5, 0.6) is 0 Å². The number of carboxylic acid groups (broad SMARTS) is 1. The fourth-order valence-electron chi connectivity index (χ4n) is 4.44. The summed E-state index contributed by atoms with van der Waals surface area (Å²) in [6, 6.07) is 8.77. The SMILES string of the molecule is O=C(O)CC1OCC(c2ccc(Cl)cc2)N(C(CN(c2ccccc2F)S(=O)C2CC2)CC(F)(F)F)C1=O. The van der Waals surface area contributed by atoms with Crippen LogP contribution in [0.15, 0.2) is 48.5 Å². The highest BCUT2D eigenvalue weighted by atomic mass is 35.5. The molecular formula is C25H25ClF4N2O5S. The number of carbonyl (C=O) groups excluding carboxylic acids is 1. The molecule has 4 rings (SSSR count). The van der Waals surface area contributed by atoms with E-state index in [0.29, 0.717) is 23.4 Å². The van der Waals surface area contributed by atoms with Crippen molar-refractivity contribution in [2.24, 2.45) is 0 Å². The number of nitrogens with zero attached hydrogens (tertiary/aromatic N) is 2. The zero-order valence-corrected chi connectivity index (χ0v) is 21.5. The first-order valence-corrected chi connectivity index (χ1v) is 13.4. The highest BCUT2D eigenvalue weighted by Gasteiger charge is 2.47. The number of amides is 1. The van der Waals surface area contributed by atoms with Gasteiger partial charge in [-0.1, -0.05) is 35.9 Å². The number of carbonyl (C=O) groups is 2. The van der Waals surface area contributed by atoms with E-state index < -0.39 is 72.4 Å². The van der Waals surface area contributed by atoms with Crippen LogP contribution in [-0.2, 0) is 25.3 Å². The van der Waals surface area contributed by atoms with Crippen LogP contribution in [0.25, 0.3) is 0 Å². The van der Waals surface area contributed by atoms with Crippen LogP contribution >= 0.6 is 11.6 Å². The van der Waals surface area contributed by atoms with Crippen LogP contribution in [0.2, 0.25) is 5.02 Å². The van der Waals surface area contributed by atoms with Gasteiger partial charge in [-0.25, -0.2) is 8.60 Å². The smallest absolute Gasteiger partial charge is 0.391 e. The second kappa shape index (κ2) is 11.6. The minimum atomic E-state index is -4.75. The van der Waals surface area contributed by atoms with Gasteiger partial charge in [-0.05, 0) is 42.7 Å². The summed E-state index contributed by atoms with van der Waals surface area (Å²) in [5.74, 6) is -3.07. The average molecular weight is 577 g/mol. The molecule has 1 aliphatic heterocycles. The van der Waals surface area contributed by atoms with E-state index in [4.69, 9.17) is 16.3 Å². The highest BCUT2D eigenvalue weighted by molar-refractivity contribution is 7.87. The molecule has 2 aromatic carbocycles. The number of hydrogen-bond acceptors (Lipinski definition) is 4. The van der Waals surface area contributed by atoms with Crippen LogP contribution in [0.3, 0.4) is 0 Å². The first-order chi connectivity index (χ1) is 17.9. The summed E-state index contributed by atoms with van der Waals surface area (Å²) < 4.78 is 76.5. The maximum absolute atomic E-state index is 14.8. The molecule has 0 radical (unpaired) electrons. The number of halogens is 5. The predicted molar refractivity (Wildman–Crippen MR) is 132 cm³/mol. The van der Waals surface area contributed by atoms with E-state index in [1.807, 2.05) is 0 Å². The van der Waals surface area contributed by atoms with Gasteiger partial charge in [0, 0.05) is 5.02 Å².